The topological polar surface area (TPSA) is 41.1 Å². The Hall–Kier alpha value is -1.27. The molecule has 2 rings (SSSR count). The summed E-state index contributed by atoms with van der Waals surface area (Å²) in [6.45, 7) is 0.765. The Bertz CT molecular complexity index is 445. The third kappa shape index (κ3) is 4.11. The fourth-order valence-corrected chi connectivity index (χ4v) is 1.91. The van der Waals surface area contributed by atoms with Crippen LogP contribution in [0.5, 0.6) is 0 Å². The summed E-state index contributed by atoms with van der Waals surface area (Å²) in [5.41, 5.74) is -0.594. The molecule has 106 valence electrons. The Labute approximate surface area is 115 Å². The number of carbonyl (C=O) groups is 1. The van der Waals surface area contributed by atoms with Gasteiger partial charge in [0.2, 0.25) is 5.91 Å². The van der Waals surface area contributed by atoms with Crippen molar-refractivity contribution in [1.82, 2.24) is 5.32 Å². The molecule has 1 amide bonds. The number of nitrogens with one attached hydrogen (secondary N) is 2. The average molecular weight is 295 g/mol. The molecule has 19 heavy (non-hydrogen) atoms. The van der Waals surface area contributed by atoms with Gasteiger partial charge in [0.1, 0.15) is 0 Å². The quantitative estimate of drug-likeness (QED) is 0.880. The van der Waals surface area contributed by atoms with Gasteiger partial charge in [-0.15, -0.1) is 12.4 Å². The lowest BCUT2D eigenvalue weighted by atomic mass is 10.1. The Kier molecular flexibility index (Phi) is 5.20. The Morgan fingerprint density at radius 3 is 2.68 bits per heavy atom. The molecule has 0 bridgehead atoms. The van der Waals surface area contributed by atoms with Crippen LogP contribution in [0, 0.1) is 0 Å². The summed E-state index contributed by atoms with van der Waals surface area (Å²) in [5.74, 6) is -0.285. The van der Waals surface area contributed by atoms with E-state index in [9.17, 15) is 18.0 Å². The molecule has 0 aromatic heterocycles. The van der Waals surface area contributed by atoms with Crippen molar-refractivity contribution in [3.05, 3.63) is 29.8 Å². The number of halogens is 4. The molecule has 0 spiro atoms. The highest BCUT2D eigenvalue weighted by molar-refractivity contribution is 5.95. The first kappa shape index (κ1) is 15.8. The molecule has 1 fully saturated rings. The maximum Gasteiger partial charge on any atom is 0.416 e. The zero-order valence-electron chi connectivity index (χ0n) is 9.96. The summed E-state index contributed by atoms with van der Waals surface area (Å²) in [6, 6.07) is 4.33. The third-order valence-corrected chi connectivity index (χ3v) is 2.83. The van der Waals surface area contributed by atoms with E-state index < -0.39 is 11.7 Å². The van der Waals surface area contributed by atoms with E-state index in [0.717, 1.165) is 25.1 Å². The molecule has 1 saturated heterocycles. The molecule has 1 heterocycles. The smallest absolute Gasteiger partial charge is 0.325 e. The van der Waals surface area contributed by atoms with Crippen LogP contribution in [0.2, 0.25) is 0 Å². The van der Waals surface area contributed by atoms with Crippen LogP contribution < -0.4 is 10.6 Å². The first-order valence-electron chi connectivity index (χ1n) is 5.68. The second-order valence-corrected chi connectivity index (χ2v) is 4.22. The van der Waals surface area contributed by atoms with E-state index in [-0.39, 0.29) is 30.0 Å². The second-order valence-electron chi connectivity index (χ2n) is 4.22. The SMILES string of the molecule is Cl.O=C(Nc1cccc(C(F)(F)F)c1)[C@@H]1CCCN1. The Morgan fingerprint density at radius 2 is 2.11 bits per heavy atom. The van der Waals surface area contributed by atoms with E-state index in [0.29, 0.717) is 6.42 Å². The van der Waals surface area contributed by atoms with E-state index in [1.165, 1.54) is 12.1 Å². The number of anilines is 1. The molecule has 1 aromatic rings. The molecule has 1 aromatic carbocycles. The first-order chi connectivity index (χ1) is 8.47. The maximum absolute atomic E-state index is 12.5. The molecule has 7 heteroatoms. The van der Waals surface area contributed by atoms with E-state index in [4.69, 9.17) is 0 Å². The standard InChI is InChI=1S/C12H13F3N2O.ClH/c13-12(14,15)8-3-1-4-9(7-8)17-11(18)10-5-2-6-16-10;/h1,3-4,7,10,16H,2,5-6H2,(H,17,18);1H/t10-;/m0./s1. The number of rotatable bonds is 2. The first-order valence-corrected chi connectivity index (χ1v) is 5.68. The Morgan fingerprint density at radius 1 is 1.37 bits per heavy atom. The molecule has 0 saturated carbocycles. The fraction of sp³-hybridized carbons (Fsp3) is 0.417. The van der Waals surface area contributed by atoms with Gasteiger partial charge >= 0.3 is 6.18 Å². The zero-order valence-corrected chi connectivity index (χ0v) is 10.8. The minimum atomic E-state index is -4.40. The summed E-state index contributed by atoms with van der Waals surface area (Å²) in [6.07, 6.45) is -2.78. The molecular formula is C12H14ClF3N2O. The van der Waals surface area contributed by atoms with Gasteiger partial charge < -0.3 is 10.6 Å². The van der Waals surface area contributed by atoms with E-state index in [1.54, 1.807) is 0 Å². The van der Waals surface area contributed by atoms with Crippen molar-refractivity contribution in [3.63, 3.8) is 0 Å². The van der Waals surface area contributed by atoms with Gasteiger partial charge in [0.05, 0.1) is 11.6 Å². The number of hydrogen-bond acceptors (Lipinski definition) is 2. The number of carbonyl (C=O) groups excluding carboxylic acids is 1. The summed E-state index contributed by atoms with van der Waals surface area (Å²) < 4.78 is 37.4. The largest absolute Gasteiger partial charge is 0.416 e. The van der Waals surface area contributed by atoms with Gasteiger partial charge in [-0.25, -0.2) is 0 Å². The summed E-state index contributed by atoms with van der Waals surface area (Å²) in [4.78, 5) is 11.7. The average Bonchev–Trinajstić information content (AvgIpc) is 2.81. The predicted octanol–water partition coefficient (Wildman–Crippen LogP) is 2.82. The summed E-state index contributed by atoms with van der Waals surface area (Å²) in [7, 11) is 0. The van der Waals surface area contributed by atoms with Crippen LogP contribution in [0.15, 0.2) is 24.3 Å². The van der Waals surface area contributed by atoms with Crippen LogP contribution in [0.4, 0.5) is 18.9 Å². The van der Waals surface area contributed by atoms with Gasteiger partial charge in [-0.3, -0.25) is 4.79 Å². The van der Waals surface area contributed by atoms with Crippen LogP contribution >= 0.6 is 12.4 Å². The number of hydrogen-bond donors (Lipinski definition) is 2. The minimum Gasteiger partial charge on any atom is -0.325 e. The van der Waals surface area contributed by atoms with Crippen LogP contribution in [0.3, 0.4) is 0 Å². The molecule has 1 atom stereocenters. The number of alkyl halides is 3. The number of amides is 1. The van der Waals surface area contributed by atoms with Crippen molar-refractivity contribution >= 4 is 24.0 Å². The van der Waals surface area contributed by atoms with Gasteiger partial charge in [-0.2, -0.15) is 13.2 Å². The van der Waals surface area contributed by atoms with E-state index >= 15 is 0 Å². The van der Waals surface area contributed by atoms with Crippen LogP contribution in [0.1, 0.15) is 18.4 Å². The van der Waals surface area contributed by atoms with Crippen LogP contribution in [0.25, 0.3) is 0 Å². The normalized spacial score (nSPS) is 18.8. The van der Waals surface area contributed by atoms with Crippen LogP contribution in [-0.2, 0) is 11.0 Å². The fourth-order valence-electron chi connectivity index (χ4n) is 1.91. The predicted molar refractivity (Wildman–Crippen MR) is 68.3 cm³/mol. The maximum atomic E-state index is 12.5. The number of benzene rings is 1. The zero-order chi connectivity index (χ0) is 13.2. The molecule has 1 aliphatic rings. The molecule has 3 nitrogen and oxygen atoms in total. The van der Waals surface area contributed by atoms with Crippen molar-refractivity contribution in [2.45, 2.75) is 25.1 Å². The summed E-state index contributed by atoms with van der Waals surface area (Å²) in [5, 5.41) is 5.48. The molecule has 0 unspecified atom stereocenters. The highest BCUT2D eigenvalue weighted by Crippen LogP contribution is 2.30. The van der Waals surface area contributed by atoms with Crippen molar-refractivity contribution in [2.24, 2.45) is 0 Å². The lowest BCUT2D eigenvalue weighted by molar-refractivity contribution is -0.137. The lowest BCUT2D eigenvalue weighted by Gasteiger charge is -2.12. The molecule has 1 aliphatic heterocycles. The van der Waals surface area contributed by atoms with Gasteiger partial charge in [-0.05, 0) is 37.6 Å². The highest BCUT2D eigenvalue weighted by atomic mass is 35.5. The van der Waals surface area contributed by atoms with Gasteiger partial charge in [0, 0.05) is 5.69 Å². The van der Waals surface area contributed by atoms with E-state index in [2.05, 4.69) is 10.6 Å². The summed E-state index contributed by atoms with van der Waals surface area (Å²) >= 11 is 0. The van der Waals surface area contributed by atoms with E-state index in [1.807, 2.05) is 0 Å². The lowest BCUT2D eigenvalue weighted by Crippen LogP contribution is -2.35. The van der Waals surface area contributed by atoms with Gasteiger partial charge in [-0.1, -0.05) is 6.07 Å². The second kappa shape index (κ2) is 6.25. The Balaban J connectivity index is 0.00000180. The molecule has 0 radical (unpaired) electrons. The monoisotopic (exact) mass is 294 g/mol. The molecular weight excluding hydrogens is 281 g/mol. The van der Waals surface area contributed by atoms with Crippen LogP contribution in [-0.4, -0.2) is 18.5 Å². The van der Waals surface area contributed by atoms with Crippen molar-refractivity contribution in [2.75, 3.05) is 11.9 Å². The highest BCUT2D eigenvalue weighted by Gasteiger charge is 2.30. The molecule has 0 aliphatic carbocycles. The van der Waals surface area contributed by atoms with Gasteiger partial charge in [0.15, 0.2) is 0 Å². The molecule has 2 N–H and O–H groups in total. The van der Waals surface area contributed by atoms with Gasteiger partial charge in [0.25, 0.3) is 0 Å². The van der Waals surface area contributed by atoms with Crippen molar-refractivity contribution in [1.29, 1.82) is 0 Å². The minimum absolute atomic E-state index is 0. The third-order valence-electron chi connectivity index (χ3n) is 2.83. The van der Waals surface area contributed by atoms with Crippen molar-refractivity contribution in [3.8, 4) is 0 Å². The van der Waals surface area contributed by atoms with Crippen molar-refractivity contribution < 1.29 is 18.0 Å².